The van der Waals surface area contributed by atoms with E-state index in [1.807, 2.05) is 0 Å². The van der Waals surface area contributed by atoms with Crippen LogP contribution >= 0.6 is 0 Å². The standard InChI is InChI=1S/2C60H38N2/c1-3-16-39(17-4-1)40-18-15-19-41(34-40)44-37-54-48-24-8-7-22-46(48)47-23-9-10-27-51(47)60(54)59(38-44)62-56-29-14-12-26-50(56)53-36-43(31-33-58(53)62)42-30-32-57-52(35-42)49-25-11-13-28-55(49)61(57)45-20-5-2-6-21-45;1-3-15-39(16-4-1)40-27-29-41(30-28-40)44-37-54-48-21-8-7-19-46(48)47-20-9-10-24-51(47)60(54)59(38-44)62-56-26-14-12-23-50(56)53-36-43(32-34-58(53)62)42-31-33-57-52(35-42)49-22-11-13-25-55(49)61(57)45-17-5-2-6-18-45/h2*1-38H. The molecule has 0 saturated heterocycles. The maximum absolute atomic E-state index is 2.53. The molecule has 0 spiro atoms. The highest BCUT2D eigenvalue weighted by Crippen LogP contribution is 2.49. The normalized spacial score (nSPS) is 11.9. The van der Waals surface area contributed by atoms with Crippen molar-refractivity contribution in [2.45, 2.75) is 0 Å². The Labute approximate surface area is 715 Å². The summed E-state index contributed by atoms with van der Waals surface area (Å²) in [5.41, 5.74) is 28.7. The number of aromatic nitrogens is 4. The van der Waals surface area contributed by atoms with Gasteiger partial charge in [-0.3, -0.25) is 0 Å². The van der Waals surface area contributed by atoms with Crippen LogP contribution in [0.3, 0.4) is 0 Å². The van der Waals surface area contributed by atoms with Crippen LogP contribution in [0.15, 0.2) is 461 Å². The van der Waals surface area contributed by atoms with Crippen LogP contribution in [0, 0.1) is 0 Å². The lowest BCUT2D eigenvalue weighted by atomic mass is 9.90. The highest BCUT2D eigenvalue weighted by Gasteiger charge is 2.25. The van der Waals surface area contributed by atoms with Gasteiger partial charge in [-0.1, -0.05) is 334 Å². The second kappa shape index (κ2) is 28.7. The van der Waals surface area contributed by atoms with Gasteiger partial charge in [0.1, 0.15) is 0 Å². The molecule has 0 bridgehead atoms. The fourth-order valence-electron chi connectivity index (χ4n) is 20.5. The van der Waals surface area contributed by atoms with Crippen molar-refractivity contribution in [3.05, 3.63) is 461 Å². The Morgan fingerprint density at radius 1 is 0.105 bits per heavy atom. The molecule has 0 unspecified atom stereocenters. The lowest BCUT2D eigenvalue weighted by Crippen LogP contribution is -1.98. The summed E-state index contributed by atoms with van der Waals surface area (Å²) >= 11 is 0. The second-order valence-electron chi connectivity index (χ2n) is 32.9. The zero-order chi connectivity index (χ0) is 81.5. The highest BCUT2D eigenvalue weighted by molar-refractivity contribution is 6.31. The summed E-state index contributed by atoms with van der Waals surface area (Å²) < 4.78 is 9.82. The van der Waals surface area contributed by atoms with E-state index in [9.17, 15) is 0 Å². The fraction of sp³-hybridized carbons (Fsp3) is 0. The van der Waals surface area contributed by atoms with Crippen molar-refractivity contribution in [3.63, 3.8) is 0 Å². The quantitative estimate of drug-likeness (QED) is 0.122. The Kier molecular flexibility index (Phi) is 16.3. The molecule has 0 fully saturated rings. The number of hydrogen-bond donors (Lipinski definition) is 0. The third-order valence-corrected chi connectivity index (χ3v) is 26.1. The van der Waals surface area contributed by atoms with E-state index >= 15 is 0 Å². The van der Waals surface area contributed by atoms with Gasteiger partial charge in [0.05, 0.1) is 55.5 Å². The number of hydrogen-bond acceptors (Lipinski definition) is 0. The first-order valence-electron chi connectivity index (χ1n) is 42.8. The minimum absolute atomic E-state index is 1.17. The minimum atomic E-state index is 1.17. The number of rotatable bonds is 10. The predicted octanol–water partition coefficient (Wildman–Crippen LogP) is 32.7. The largest absolute Gasteiger partial charge is 0.309 e. The number of nitrogens with zero attached hydrogens (tertiary/aromatic N) is 4. The van der Waals surface area contributed by atoms with E-state index in [-0.39, 0.29) is 0 Å². The summed E-state index contributed by atoms with van der Waals surface area (Å²) in [5.74, 6) is 0. The van der Waals surface area contributed by atoms with Crippen molar-refractivity contribution in [2.75, 3.05) is 0 Å². The SMILES string of the molecule is c1ccc(-c2ccc(-c3cc(-n4c5ccccc5c5cc(-c6ccc7c(c6)c6ccccc6n7-c6ccccc6)ccc54)c4c5ccccc5c5ccccc5c4c3)cc2)cc1.c1ccc(-c2cccc(-c3cc(-n4c5ccccc5c5cc(-c6ccc7c(c6)c6ccccc6n7-c6ccccc6)ccc54)c4c5ccccc5c5ccccc5c4c3)c2)cc1. The van der Waals surface area contributed by atoms with Gasteiger partial charge in [0, 0.05) is 65.2 Å². The average Bonchev–Trinajstić information content (AvgIpc) is 1.65. The van der Waals surface area contributed by atoms with E-state index in [1.165, 1.54) is 241 Å². The molecular formula is C120H76N4. The summed E-state index contributed by atoms with van der Waals surface area (Å²) in [4.78, 5) is 0. The van der Waals surface area contributed by atoms with Gasteiger partial charge in [-0.05, 0) is 248 Å². The molecule has 26 aromatic rings. The van der Waals surface area contributed by atoms with Gasteiger partial charge < -0.3 is 18.3 Å². The van der Waals surface area contributed by atoms with Gasteiger partial charge in [-0.25, -0.2) is 0 Å². The molecule has 0 atom stereocenters. The summed E-state index contributed by atoms with van der Waals surface area (Å²) in [7, 11) is 0. The molecular weight excluding hydrogens is 1500 g/mol. The van der Waals surface area contributed by atoms with Crippen molar-refractivity contribution in [1.82, 2.24) is 18.3 Å². The van der Waals surface area contributed by atoms with Crippen LogP contribution in [-0.2, 0) is 0 Å². The summed E-state index contributed by atoms with van der Waals surface area (Å²) in [5, 5.41) is 25.1. The molecule has 4 aromatic heterocycles. The molecule has 4 heteroatoms. The Bertz CT molecular complexity index is 8830. The minimum Gasteiger partial charge on any atom is -0.309 e. The van der Waals surface area contributed by atoms with Gasteiger partial charge in [0.25, 0.3) is 0 Å². The van der Waals surface area contributed by atoms with Crippen LogP contribution in [0.1, 0.15) is 0 Å². The lowest BCUT2D eigenvalue weighted by molar-refractivity contribution is 1.18. The Hall–Kier alpha value is -16.4. The van der Waals surface area contributed by atoms with E-state index in [1.54, 1.807) is 0 Å². The highest BCUT2D eigenvalue weighted by atomic mass is 15.0. The predicted molar refractivity (Wildman–Crippen MR) is 528 cm³/mol. The third kappa shape index (κ3) is 11.3. The zero-order valence-corrected chi connectivity index (χ0v) is 67.7. The maximum Gasteiger partial charge on any atom is 0.0553 e. The molecule has 0 aliphatic rings. The van der Waals surface area contributed by atoms with Gasteiger partial charge in [-0.15, -0.1) is 0 Å². The monoisotopic (exact) mass is 1570 g/mol. The molecule has 0 N–H and O–H groups in total. The number of benzene rings is 22. The number of fused-ring (bicyclic) bond motifs is 24. The first-order valence-corrected chi connectivity index (χ1v) is 42.8. The molecule has 22 aromatic carbocycles. The first-order chi connectivity index (χ1) is 61.5. The van der Waals surface area contributed by atoms with Crippen LogP contribution in [0.25, 0.3) is 241 Å². The summed E-state index contributed by atoms with van der Waals surface area (Å²) in [6, 6.07) is 170. The van der Waals surface area contributed by atoms with Crippen LogP contribution < -0.4 is 0 Å². The van der Waals surface area contributed by atoms with Crippen LogP contribution in [0.2, 0.25) is 0 Å². The molecule has 0 radical (unpaired) electrons. The van der Waals surface area contributed by atoms with E-state index in [4.69, 9.17) is 0 Å². The van der Waals surface area contributed by atoms with Crippen molar-refractivity contribution >= 4 is 152 Å². The summed E-state index contributed by atoms with van der Waals surface area (Å²) in [6.07, 6.45) is 0. The second-order valence-corrected chi connectivity index (χ2v) is 32.9. The molecule has 124 heavy (non-hydrogen) atoms. The van der Waals surface area contributed by atoms with E-state index in [0.717, 1.165) is 0 Å². The first kappa shape index (κ1) is 70.6. The van der Waals surface area contributed by atoms with Crippen LogP contribution in [-0.4, -0.2) is 18.3 Å². The zero-order valence-electron chi connectivity index (χ0n) is 67.7. The molecule has 26 rings (SSSR count). The maximum atomic E-state index is 2.53. The molecule has 0 aliphatic heterocycles. The Morgan fingerprint density at radius 2 is 0.315 bits per heavy atom. The molecule has 0 saturated carbocycles. The fourth-order valence-corrected chi connectivity index (χ4v) is 20.5. The van der Waals surface area contributed by atoms with Gasteiger partial charge in [0.15, 0.2) is 0 Å². The van der Waals surface area contributed by atoms with Crippen molar-refractivity contribution in [2.24, 2.45) is 0 Å². The van der Waals surface area contributed by atoms with Gasteiger partial charge in [-0.2, -0.15) is 0 Å². The molecule has 0 aliphatic carbocycles. The van der Waals surface area contributed by atoms with Crippen molar-refractivity contribution in [1.29, 1.82) is 0 Å². The van der Waals surface area contributed by atoms with E-state index in [0.29, 0.717) is 0 Å². The number of para-hydroxylation sites is 6. The molecule has 4 nitrogen and oxygen atoms in total. The smallest absolute Gasteiger partial charge is 0.0553 e. The lowest BCUT2D eigenvalue weighted by Gasteiger charge is -2.19. The van der Waals surface area contributed by atoms with Crippen molar-refractivity contribution < 1.29 is 0 Å². The topological polar surface area (TPSA) is 19.7 Å². The summed E-state index contributed by atoms with van der Waals surface area (Å²) in [6.45, 7) is 0. The third-order valence-electron chi connectivity index (χ3n) is 26.1. The molecule has 576 valence electrons. The van der Waals surface area contributed by atoms with Gasteiger partial charge >= 0.3 is 0 Å². The van der Waals surface area contributed by atoms with Crippen molar-refractivity contribution in [3.8, 4) is 89.5 Å². The van der Waals surface area contributed by atoms with E-state index < -0.39 is 0 Å². The van der Waals surface area contributed by atoms with Gasteiger partial charge in [0.2, 0.25) is 0 Å². The molecule has 0 amide bonds. The Morgan fingerprint density at radius 3 is 0.677 bits per heavy atom. The molecule has 4 heterocycles. The average molecular weight is 1570 g/mol. The Balaban J connectivity index is 0.000000136. The van der Waals surface area contributed by atoms with Crippen LogP contribution in [0.5, 0.6) is 0 Å². The van der Waals surface area contributed by atoms with E-state index in [2.05, 4.69) is 479 Å². The van der Waals surface area contributed by atoms with Crippen LogP contribution in [0.4, 0.5) is 0 Å².